The standard InChI is InChI=1S/C51H98O5/c1-3-5-7-9-11-13-15-17-19-21-23-25-27-29-31-33-35-37-39-41-43-45-50(53)55-47-49(52)48-56-51(54)46-44-42-40-38-36-34-32-30-28-26-24-22-20-18-16-14-12-10-8-6-4-2/h17,19,49,52H,3-16,18,20-48H2,1-2H3/b19-17-/t49-/m0/s1. The normalized spacial score (nSPS) is 12.1. The number of unbranched alkanes of at least 4 members (excludes halogenated alkanes) is 37. The van der Waals surface area contributed by atoms with Crippen molar-refractivity contribution in [2.24, 2.45) is 0 Å². The summed E-state index contributed by atoms with van der Waals surface area (Å²) in [5.74, 6) is -0.548. The summed E-state index contributed by atoms with van der Waals surface area (Å²) in [6.45, 7) is 4.35. The van der Waals surface area contributed by atoms with Crippen LogP contribution in [0.5, 0.6) is 0 Å². The Morgan fingerprint density at radius 2 is 0.571 bits per heavy atom. The first-order chi connectivity index (χ1) is 27.6. The van der Waals surface area contributed by atoms with Crippen molar-refractivity contribution in [2.75, 3.05) is 13.2 Å². The predicted molar refractivity (Wildman–Crippen MR) is 242 cm³/mol. The molecule has 1 atom stereocenters. The van der Waals surface area contributed by atoms with Crippen LogP contribution >= 0.6 is 0 Å². The van der Waals surface area contributed by atoms with Crippen molar-refractivity contribution in [3.8, 4) is 0 Å². The maximum atomic E-state index is 12.1. The number of hydrogen-bond donors (Lipinski definition) is 1. The summed E-state index contributed by atoms with van der Waals surface area (Å²) in [4.78, 5) is 24.1. The lowest BCUT2D eigenvalue weighted by Crippen LogP contribution is -2.25. The molecular formula is C51H98O5. The van der Waals surface area contributed by atoms with Gasteiger partial charge in [0.1, 0.15) is 19.3 Å². The number of hydrogen-bond acceptors (Lipinski definition) is 5. The lowest BCUT2D eigenvalue weighted by Gasteiger charge is -2.12. The minimum atomic E-state index is -0.959. The number of allylic oxidation sites excluding steroid dienone is 2. The number of ether oxygens (including phenoxy) is 2. The van der Waals surface area contributed by atoms with Crippen molar-refractivity contribution >= 4 is 11.9 Å². The van der Waals surface area contributed by atoms with Crippen LogP contribution in [0.1, 0.15) is 284 Å². The molecule has 5 nitrogen and oxygen atoms in total. The second-order valence-electron chi connectivity index (χ2n) is 17.3. The van der Waals surface area contributed by atoms with E-state index in [0.717, 1.165) is 32.1 Å². The highest BCUT2D eigenvalue weighted by Gasteiger charge is 2.12. The predicted octanol–water partition coefficient (Wildman–Crippen LogP) is 16.4. The average molecular weight is 791 g/mol. The molecule has 0 radical (unpaired) electrons. The first kappa shape index (κ1) is 54.6. The van der Waals surface area contributed by atoms with Gasteiger partial charge in [-0.25, -0.2) is 0 Å². The van der Waals surface area contributed by atoms with Gasteiger partial charge in [0.15, 0.2) is 0 Å². The highest BCUT2D eigenvalue weighted by Crippen LogP contribution is 2.17. The van der Waals surface area contributed by atoms with E-state index in [4.69, 9.17) is 9.47 Å². The Labute approximate surface area is 350 Å². The van der Waals surface area contributed by atoms with Crippen molar-refractivity contribution in [1.29, 1.82) is 0 Å². The van der Waals surface area contributed by atoms with Crippen molar-refractivity contribution in [2.45, 2.75) is 290 Å². The van der Waals surface area contributed by atoms with Crippen molar-refractivity contribution in [1.82, 2.24) is 0 Å². The number of carbonyl (C=O) groups is 2. The largest absolute Gasteiger partial charge is 0.463 e. The zero-order valence-electron chi connectivity index (χ0n) is 37.9. The molecule has 0 heterocycles. The summed E-state index contributed by atoms with van der Waals surface area (Å²) in [5.41, 5.74) is 0. The summed E-state index contributed by atoms with van der Waals surface area (Å²) in [6, 6.07) is 0. The Morgan fingerprint density at radius 1 is 0.357 bits per heavy atom. The molecule has 56 heavy (non-hydrogen) atoms. The van der Waals surface area contributed by atoms with E-state index in [-0.39, 0.29) is 25.2 Å². The Kier molecular flexibility index (Phi) is 46.8. The summed E-state index contributed by atoms with van der Waals surface area (Å²) in [6.07, 6.45) is 57.3. The smallest absolute Gasteiger partial charge is 0.305 e. The Bertz CT molecular complexity index is 810. The molecule has 0 amide bonds. The summed E-state index contributed by atoms with van der Waals surface area (Å²) in [5, 5.41) is 10.1. The third-order valence-electron chi connectivity index (χ3n) is 11.5. The summed E-state index contributed by atoms with van der Waals surface area (Å²) < 4.78 is 10.4. The lowest BCUT2D eigenvalue weighted by molar-refractivity contribution is -0.152. The van der Waals surface area contributed by atoms with Gasteiger partial charge < -0.3 is 14.6 Å². The van der Waals surface area contributed by atoms with Crippen molar-refractivity contribution in [3.05, 3.63) is 12.2 Å². The molecule has 1 N–H and O–H groups in total. The second kappa shape index (κ2) is 48.0. The van der Waals surface area contributed by atoms with Gasteiger partial charge in [0.2, 0.25) is 0 Å². The van der Waals surface area contributed by atoms with Gasteiger partial charge in [-0.3, -0.25) is 9.59 Å². The van der Waals surface area contributed by atoms with Gasteiger partial charge >= 0.3 is 11.9 Å². The summed E-state index contributed by atoms with van der Waals surface area (Å²) >= 11 is 0. The topological polar surface area (TPSA) is 72.8 Å². The molecule has 0 aliphatic heterocycles. The van der Waals surface area contributed by atoms with Crippen LogP contribution in [-0.2, 0) is 19.1 Å². The third-order valence-corrected chi connectivity index (χ3v) is 11.5. The lowest BCUT2D eigenvalue weighted by atomic mass is 10.0. The van der Waals surface area contributed by atoms with E-state index in [1.54, 1.807) is 0 Å². The zero-order valence-corrected chi connectivity index (χ0v) is 37.9. The fraction of sp³-hybridized carbons (Fsp3) is 0.922. The van der Waals surface area contributed by atoms with Crippen LogP contribution in [0.2, 0.25) is 0 Å². The van der Waals surface area contributed by atoms with Crippen LogP contribution in [0.3, 0.4) is 0 Å². The van der Waals surface area contributed by atoms with Crippen LogP contribution in [-0.4, -0.2) is 36.4 Å². The van der Waals surface area contributed by atoms with Crippen LogP contribution < -0.4 is 0 Å². The van der Waals surface area contributed by atoms with Gasteiger partial charge in [-0.05, 0) is 38.5 Å². The Hall–Kier alpha value is -1.36. The van der Waals surface area contributed by atoms with Gasteiger partial charge in [0.05, 0.1) is 0 Å². The molecule has 0 saturated carbocycles. The van der Waals surface area contributed by atoms with E-state index in [0.29, 0.717) is 12.8 Å². The molecule has 5 heteroatoms. The average Bonchev–Trinajstić information content (AvgIpc) is 3.20. The maximum Gasteiger partial charge on any atom is 0.305 e. The molecule has 0 bridgehead atoms. The Balaban J connectivity index is 3.35. The van der Waals surface area contributed by atoms with Crippen LogP contribution in [0, 0.1) is 0 Å². The van der Waals surface area contributed by atoms with E-state index >= 15 is 0 Å². The molecule has 0 aliphatic rings. The van der Waals surface area contributed by atoms with Crippen LogP contribution in [0.4, 0.5) is 0 Å². The fourth-order valence-electron chi connectivity index (χ4n) is 7.67. The first-order valence-electron chi connectivity index (χ1n) is 25.2. The number of rotatable bonds is 47. The van der Waals surface area contributed by atoms with Crippen molar-refractivity contribution < 1.29 is 24.2 Å². The second-order valence-corrected chi connectivity index (χ2v) is 17.3. The van der Waals surface area contributed by atoms with Gasteiger partial charge in [-0.1, -0.05) is 244 Å². The number of aliphatic hydroxyl groups is 1. The molecule has 0 spiro atoms. The molecule has 332 valence electrons. The molecule has 0 aromatic heterocycles. The molecule has 0 rings (SSSR count). The van der Waals surface area contributed by atoms with E-state index in [9.17, 15) is 14.7 Å². The van der Waals surface area contributed by atoms with Gasteiger partial charge in [0.25, 0.3) is 0 Å². The highest BCUT2D eigenvalue weighted by molar-refractivity contribution is 5.69. The molecule has 0 unspecified atom stereocenters. The van der Waals surface area contributed by atoms with E-state index in [1.165, 1.54) is 225 Å². The monoisotopic (exact) mass is 791 g/mol. The minimum Gasteiger partial charge on any atom is -0.463 e. The zero-order chi connectivity index (χ0) is 40.7. The highest BCUT2D eigenvalue weighted by atomic mass is 16.6. The van der Waals surface area contributed by atoms with Crippen LogP contribution in [0.25, 0.3) is 0 Å². The van der Waals surface area contributed by atoms with E-state index < -0.39 is 6.10 Å². The molecule has 0 fully saturated rings. The quantitative estimate of drug-likeness (QED) is 0.0378. The molecule has 0 aliphatic carbocycles. The maximum absolute atomic E-state index is 12.1. The third kappa shape index (κ3) is 47.0. The van der Waals surface area contributed by atoms with Gasteiger partial charge in [-0.15, -0.1) is 0 Å². The van der Waals surface area contributed by atoms with Crippen molar-refractivity contribution in [3.63, 3.8) is 0 Å². The van der Waals surface area contributed by atoms with Gasteiger partial charge in [0, 0.05) is 12.8 Å². The van der Waals surface area contributed by atoms with Crippen LogP contribution in [0.15, 0.2) is 12.2 Å². The molecule has 0 aromatic carbocycles. The van der Waals surface area contributed by atoms with E-state index in [2.05, 4.69) is 26.0 Å². The fourth-order valence-corrected chi connectivity index (χ4v) is 7.67. The SMILES string of the molecule is CCCCCCCC/C=C\CCCCCCCCCCCCCC(=O)OC[C@H](O)COC(=O)CCCCCCCCCCCCCCCCCCCCCCC. The first-order valence-corrected chi connectivity index (χ1v) is 25.2. The Morgan fingerprint density at radius 3 is 0.821 bits per heavy atom. The molecule has 0 aromatic rings. The molecule has 0 saturated heterocycles. The summed E-state index contributed by atoms with van der Waals surface area (Å²) in [7, 11) is 0. The minimum absolute atomic E-state index is 0.109. The number of esters is 2. The van der Waals surface area contributed by atoms with Gasteiger partial charge in [-0.2, -0.15) is 0 Å². The van der Waals surface area contributed by atoms with E-state index in [1.807, 2.05) is 0 Å². The molecular weight excluding hydrogens is 693 g/mol. The number of carbonyl (C=O) groups excluding carboxylic acids is 2. The number of aliphatic hydroxyl groups excluding tert-OH is 1.